The van der Waals surface area contributed by atoms with Crippen LogP contribution in [0.25, 0.3) is 0 Å². The highest BCUT2D eigenvalue weighted by atomic mass is 32.1. The van der Waals surface area contributed by atoms with E-state index >= 15 is 0 Å². The summed E-state index contributed by atoms with van der Waals surface area (Å²) in [5.41, 5.74) is 3.52. The van der Waals surface area contributed by atoms with Crippen molar-refractivity contribution in [2.24, 2.45) is 0 Å². The van der Waals surface area contributed by atoms with Crippen molar-refractivity contribution in [1.82, 2.24) is 5.32 Å². The summed E-state index contributed by atoms with van der Waals surface area (Å²) in [5, 5.41) is 7.03. The number of morpholine rings is 1. The number of methoxy groups -OCH3 is 1. The van der Waals surface area contributed by atoms with Crippen molar-refractivity contribution in [2.45, 2.75) is 13.1 Å². The van der Waals surface area contributed by atoms with Gasteiger partial charge in [-0.2, -0.15) is 0 Å². The zero-order valence-corrected chi connectivity index (χ0v) is 15.9. The molecule has 0 amide bonds. The lowest BCUT2D eigenvalue weighted by molar-refractivity contribution is -0.921. The molecule has 0 atom stereocenters. The van der Waals surface area contributed by atoms with Crippen molar-refractivity contribution < 1.29 is 14.4 Å². The molecule has 0 aliphatic carbocycles. The minimum absolute atomic E-state index is 0.608. The van der Waals surface area contributed by atoms with Crippen molar-refractivity contribution in [1.29, 1.82) is 0 Å². The van der Waals surface area contributed by atoms with Crippen LogP contribution >= 0.6 is 12.2 Å². The number of hydrogen-bond acceptors (Lipinski definition) is 3. The quantitative estimate of drug-likeness (QED) is 0.673. The molecule has 0 saturated carbocycles. The van der Waals surface area contributed by atoms with Gasteiger partial charge in [0.25, 0.3) is 0 Å². The van der Waals surface area contributed by atoms with Crippen LogP contribution in [0.5, 0.6) is 5.75 Å². The number of anilines is 1. The van der Waals surface area contributed by atoms with Crippen molar-refractivity contribution in [3.8, 4) is 5.75 Å². The minimum Gasteiger partial charge on any atom is -0.497 e. The van der Waals surface area contributed by atoms with Gasteiger partial charge in [-0.15, -0.1) is 0 Å². The monoisotopic (exact) mass is 372 g/mol. The van der Waals surface area contributed by atoms with E-state index in [1.807, 2.05) is 24.3 Å². The molecule has 3 N–H and O–H groups in total. The highest BCUT2D eigenvalue weighted by Crippen LogP contribution is 2.14. The molecular weight excluding hydrogens is 346 g/mol. The summed E-state index contributed by atoms with van der Waals surface area (Å²) in [5.74, 6) is 0.827. The molecule has 0 bridgehead atoms. The Bertz CT molecular complexity index is 698. The Balaban J connectivity index is 1.44. The van der Waals surface area contributed by atoms with Gasteiger partial charge in [0.15, 0.2) is 5.11 Å². The van der Waals surface area contributed by atoms with E-state index in [0.29, 0.717) is 11.7 Å². The minimum atomic E-state index is 0.608. The van der Waals surface area contributed by atoms with E-state index in [-0.39, 0.29) is 0 Å². The number of nitrogens with one attached hydrogen (secondary N) is 3. The molecule has 3 rings (SSSR count). The molecule has 1 aliphatic heterocycles. The van der Waals surface area contributed by atoms with Crippen LogP contribution in [0.2, 0.25) is 0 Å². The van der Waals surface area contributed by atoms with E-state index in [9.17, 15) is 0 Å². The molecule has 0 spiro atoms. The molecular formula is C20H26N3O2S+. The van der Waals surface area contributed by atoms with Gasteiger partial charge >= 0.3 is 0 Å². The Morgan fingerprint density at radius 1 is 1.04 bits per heavy atom. The van der Waals surface area contributed by atoms with Gasteiger partial charge in [0.1, 0.15) is 25.4 Å². The number of hydrogen-bond donors (Lipinski definition) is 3. The summed E-state index contributed by atoms with van der Waals surface area (Å²) in [7, 11) is 1.65. The van der Waals surface area contributed by atoms with Gasteiger partial charge in [-0.1, -0.05) is 24.3 Å². The molecule has 1 fully saturated rings. The standard InChI is InChI=1S/C20H25N3O2S/c1-24-19-8-6-18(7-9-19)22-20(26)21-14-16-2-4-17(5-3-16)15-23-10-12-25-13-11-23/h2-9H,10-15H2,1H3,(H2,21,22,26)/p+1. The average molecular weight is 373 g/mol. The van der Waals surface area contributed by atoms with E-state index in [0.717, 1.165) is 44.3 Å². The number of ether oxygens (including phenoxy) is 2. The number of thiocarbonyl (C=S) groups is 1. The molecule has 138 valence electrons. The Kier molecular flexibility index (Phi) is 6.82. The van der Waals surface area contributed by atoms with Crippen LogP contribution in [-0.2, 0) is 17.8 Å². The average Bonchev–Trinajstić information content (AvgIpc) is 2.69. The van der Waals surface area contributed by atoms with Crippen LogP contribution < -0.4 is 20.3 Å². The van der Waals surface area contributed by atoms with Crippen LogP contribution in [0.15, 0.2) is 48.5 Å². The van der Waals surface area contributed by atoms with Crippen LogP contribution in [0.1, 0.15) is 11.1 Å². The van der Waals surface area contributed by atoms with Gasteiger partial charge in [-0.05, 0) is 42.0 Å². The predicted octanol–water partition coefficient (Wildman–Crippen LogP) is 1.60. The highest BCUT2D eigenvalue weighted by molar-refractivity contribution is 7.80. The van der Waals surface area contributed by atoms with Crippen molar-refractivity contribution in [3.63, 3.8) is 0 Å². The molecule has 26 heavy (non-hydrogen) atoms. The Morgan fingerprint density at radius 3 is 2.35 bits per heavy atom. The molecule has 1 heterocycles. The molecule has 5 nitrogen and oxygen atoms in total. The van der Waals surface area contributed by atoms with E-state index in [2.05, 4.69) is 34.9 Å². The Hall–Kier alpha value is -2.15. The SMILES string of the molecule is COc1ccc(NC(=S)NCc2ccc(C[NH+]3CCOCC3)cc2)cc1. The van der Waals surface area contributed by atoms with Crippen molar-refractivity contribution in [3.05, 3.63) is 59.7 Å². The second-order valence-electron chi connectivity index (χ2n) is 6.39. The lowest BCUT2D eigenvalue weighted by Gasteiger charge is -2.23. The zero-order valence-electron chi connectivity index (χ0n) is 15.1. The van der Waals surface area contributed by atoms with Crippen LogP contribution in [0.4, 0.5) is 5.69 Å². The molecule has 1 saturated heterocycles. The van der Waals surface area contributed by atoms with E-state index in [1.54, 1.807) is 12.0 Å². The molecule has 0 aromatic heterocycles. The first-order valence-electron chi connectivity index (χ1n) is 8.91. The predicted molar refractivity (Wildman–Crippen MR) is 108 cm³/mol. The normalized spacial score (nSPS) is 14.7. The summed E-state index contributed by atoms with van der Waals surface area (Å²) in [6.07, 6.45) is 0. The second-order valence-corrected chi connectivity index (χ2v) is 6.80. The first kappa shape index (κ1) is 18.6. The van der Waals surface area contributed by atoms with E-state index in [1.165, 1.54) is 11.1 Å². The van der Waals surface area contributed by atoms with Crippen LogP contribution in [0.3, 0.4) is 0 Å². The smallest absolute Gasteiger partial charge is 0.171 e. The first-order chi connectivity index (χ1) is 12.7. The van der Waals surface area contributed by atoms with Crippen molar-refractivity contribution in [2.75, 3.05) is 38.7 Å². The Morgan fingerprint density at radius 2 is 1.69 bits per heavy atom. The maximum Gasteiger partial charge on any atom is 0.171 e. The fourth-order valence-corrected chi connectivity index (χ4v) is 3.12. The third kappa shape index (κ3) is 5.69. The fraction of sp³-hybridized carbons (Fsp3) is 0.350. The topological polar surface area (TPSA) is 47.0 Å². The summed E-state index contributed by atoms with van der Waals surface area (Å²) < 4.78 is 10.6. The van der Waals surface area contributed by atoms with E-state index < -0.39 is 0 Å². The molecule has 2 aromatic carbocycles. The van der Waals surface area contributed by atoms with Gasteiger partial charge in [0, 0.05) is 17.8 Å². The Labute approximate surface area is 160 Å². The van der Waals surface area contributed by atoms with Crippen molar-refractivity contribution >= 4 is 23.0 Å². The molecule has 2 aromatic rings. The van der Waals surface area contributed by atoms with Gasteiger partial charge in [0.05, 0.1) is 20.3 Å². The lowest BCUT2D eigenvalue weighted by Crippen LogP contribution is -3.12. The maximum atomic E-state index is 5.41. The first-order valence-corrected chi connectivity index (χ1v) is 9.32. The molecule has 0 unspecified atom stereocenters. The fourth-order valence-electron chi connectivity index (χ4n) is 2.93. The third-order valence-corrected chi connectivity index (χ3v) is 4.72. The van der Waals surface area contributed by atoms with Gasteiger partial charge in [-0.3, -0.25) is 0 Å². The molecule has 0 radical (unpaired) electrons. The summed E-state index contributed by atoms with van der Waals surface area (Å²) in [6, 6.07) is 16.4. The molecule has 6 heteroatoms. The largest absolute Gasteiger partial charge is 0.497 e. The zero-order chi connectivity index (χ0) is 18.2. The highest BCUT2D eigenvalue weighted by Gasteiger charge is 2.13. The van der Waals surface area contributed by atoms with Gasteiger partial charge in [-0.25, -0.2) is 0 Å². The van der Waals surface area contributed by atoms with E-state index in [4.69, 9.17) is 21.7 Å². The maximum absolute atomic E-state index is 5.41. The number of quaternary nitrogens is 1. The van der Waals surface area contributed by atoms with Crippen LogP contribution in [0, 0.1) is 0 Å². The third-order valence-electron chi connectivity index (χ3n) is 4.48. The summed E-state index contributed by atoms with van der Waals surface area (Å²) in [6.45, 7) is 5.69. The van der Waals surface area contributed by atoms with Crippen LogP contribution in [-0.4, -0.2) is 38.5 Å². The summed E-state index contributed by atoms with van der Waals surface area (Å²) >= 11 is 5.36. The number of rotatable bonds is 6. The molecule has 1 aliphatic rings. The summed E-state index contributed by atoms with van der Waals surface area (Å²) in [4.78, 5) is 1.59. The van der Waals surface area contributed by atoms with Gasteiger partial charge < -0.3 is 25.0 Å². The number of benzene rings is 2. The van der Waals surface area contributed by atoms with Gasteiger partial charge in [0.2, 0.25) is 0 Å². The second kappa shape index (κ2) is 9.52. The lowest BCUT2D eigenvalue weighted by atomic mass is 10.1.